The highest BCUT2D eigenvalue weighted by Gasteiger charge is 2.27. The average molecular weight is 299 g/mol. The number of rotatable bonds is 8. The van der Waals surface area contributed by atoms with Crippen LogP contribution in [0.3, 0.4) is 0 Å². The van der Waals surface area contributed by atoms with Crippen LogP contribution >= 0.6 is 0 Å². The number of likely N-dealkylation sites (N-methyl/N-ethyl adjacent to an activating group) is 1. The number of carbonyl (C=O) groups excluding carboxylic acids is 1. The number of carbonyl (C=O) groups is 2. The lowest BCUT2D eigenvalue weighted by atomic mass is 9.88. The van der Waals surface area contributed by atoms with Crippen LogP contribution in [0, 0.1) is 5.92 Å². The number of carboxylic acid groups (broad SMARTS) is 1. The Morgan fingerprint density at radius 2 is 2.10 bits per heavy atom. The van der Waals surface area contributed by atoms with Crippen molar-refractivity contribution in [3.63, 3.8) is 0 Å². The van der Waals surface area contributed by atoms with E-state index in [1.54, 1.807) is 11.9 Å². The Balaban J connectivity index is 2.42. The van der Waals surface area contributed by atoms with Gasteiger partial charge in [-0.3, -0.25) is 9.59 Å². The first-order chi connectivity index (χ1) is 9.93. The molecule has 1 N–H and O–H groups in total. The fourth-order valence-corrected chi connectivity index (χ4v) is 2.89. The van der Waals surface area contributed by atoms with Gasteiger partial charge in [-0.15, -0.1) is 0 Å². The van der Waals surface area contributed by atoms with Gasteiger partial charge in [0, 0.05) is 20.0 Å². The molecule has 122 valence electrons. The van der Waals surface area contributed by atoms with E-state index in [4.69, 9.17) is 9.84 Å². The summed E-state index contributed by atoms with van der Waals surface area (Å²) in [6, 6.07) is 0. The summed E-state index contributed by atoms with van der Waals surface area (Å²) in [5.41, 5.74) is 0. The molecule has 0 spiro atoms. The average Bonchev–Trinajstić information content (AvgIpc) is 2.43. The van der Waals surface area contributed by atoms with Gasteiger partial charge in [0.2, 0.25) is 0 Å². The molecule has 1 aliphatic rings. The monoisotopic (exact) mass is 299 g/mol. The van der Waals surface area contributed by atoms with E-state index in [-0.39, 0.29) is 18.4 Å². The molecule has 0 radical (unpaired) electrons. The summed E-state index contributed by atoms with van der Waals surface area (Å²) in [5, 5.41) is 8.63. The van der Waals surface area contributed by atoms with Gasteiger partial charge >= 0.3 is 5.97 Å². The van der Waals surface area contributed by atoms with Gasteiger partial charge in [-0.1, -0.05) is 26.7 Å². The van der Waals surface area contributed by atoms with Crippen molar-refractivity contribution in [3.05, 3.63) is 0 Å². The first-order valence-electron chi connectivity index (χ1n) is 8.06. The van der Waals surface area contributed by atoms with Crippen LogP contribution < -0.4 is 0 Å². The standard InChI is InChI=1S/C16H29NO4/c1-4-14(21-13-8-5-7-12(2)11-13)16(20)17(3)10-6-9-15(18)19/h12-14H,4-11H2,1-3H3,(H,18,19). The van der Waals surface area contributed by atoms with Crippen LogP contribution in [0.1, 0.15) is 58.8 Å². The largest absolute Gasteiger partial charge is 0.481 e. The number of hydrogen-bond acceptors (Lipinski definition) is 3. The van der Waals surface area contributed by atoms with Crippen LogP contribution in [0.5, 0.6) is 0 Å². The molecule has 1 rings (SSSR count). The van der Waals surface area contributed by atoms with Crippen molar-refractivity contribution in [1.82, 2.24) is 4.90 Å². The second-order valence-electron chi connectivity index (χ2n) is 6.18. The molecule has 3 atom stereocenters. The highest BCUT2D eigenvalue weighted by atomic mass is 16.5. The van der Waals surface area contributed by atoms with Gasteiger partial charge in [0.05, 0.1) is 6.10 Å². The van der Waals surface area contributed by atoms with Crippen LogP contribution in [0.2, 0.25) is 0 Å². The van der Waals surface area contributed by atoms with Gasteiger partial charge in [0.1, 0.15) is 6.10 Å². The maximum absolute atomic E-state index is 12.4. The van der Waals surface area contributed by atoms with Crippen molar-refractivity contribution < 1.29 is 19.4 Å². The van der Waals surface area contributed by atoms with Crippen molar-refractivity contribution in [3.8, 4) is 0 Å². The second kappa shape index (κ2) is 9.03. The molecule has 0 bridgehead atoms. The maximum Gasteiger partial charge on any atom is 0.303 e. The van der Waals surface area contributed by atoms with Gasteiger partial charge in [-0.2, -0.15) is 0 Å². The Hall–Kier alpha value is -1.10. The number of amides is 1. The minimum Gasteiger partial charge on any atom is -0.481 e. The van der Waals surface area contributed by atoms with Crippen molar-refractivity contribution in [2.24, 2.45) is 5.92 Å². The Kier molecular flexibility index (Phi) is 7.72. The van der Waals surface area contributed by atoms with E-state index in [9.17, 15) is 9.59 Å². The van der Waals surface area contributed by atoms with Crippen LogP contribution in [0.25, 0.3) is 0 Å². The molecule has 3 unspecified atom stereocenters. The molecule has 5 heteroatoms. The van der Waals surface area contributed by atoms with Crippen molar-refractivity contribution >= 4 is 11.9 Å². The fourth-order valence-electron chi connectivity index (χ4n) is 2.89. The molecule has 0 aromatic heterocycles. The number of carboxylic acids is 1. The first-order valence-corrected chi connectivity index (χ1v) is 8.06. The molecule has 1 saturated carbocycles. The van der Waals surface area contributed by atoms with E-state index in [0.29, 0.717) is 25.3 Å². The third-order valence-corrected chi connectivity index (χ3v) is 4.15. The summed E-state index contributed by atoms with van der Waals surface area (Å²) in [6.07, 6.45) is 5.52. The summed E-state index contributed by atoms with van der Waals surface area (Å²) in [7, 11) is 1.72. The third-order valence-electron chi connectivity index (χ3n) is 4.15. The lowest BCUT2D eigenvalue weighted by Crippen LogP contribution is -2.41. The van der Waals surface area contributed by atoms with Gasteiger partial charge in [-0.05, 0) is 31.6 Å². The predicted molar refractivity (Wildman–Crippen MR) is 81.1 cm³/mol. The predicted octanol–water partition coefficient (Wildman–Crippen LogP) is 2.68. The molecule has 0 aromatic rings. The first kappa shape index (κ1) is 18.0. The number of aliphatic carboxylic acids is 1. The Labute approximate surface area is 127 Å². The zero-order valence-corrected chi connectivity index (χ0v) is 13.5. The van der Waals surface area contributed by atoms with Crippen molar-refractivity contribution in [2.75, 3.05) is 13.6 Å². The summed E-state index contributed by atoms with van der Waals surface area (Å²) in [5.74, 6) is -0.180. The summed E-state index contributed by atoms with van der Waals surface area (Å²) in [4.78, 5) is 24.5. The Morgan fingerprint density at radius 1 is 1.38 bits per heavy atom. The quantitative estimate of drug-likeness (QED) is 0.748. The SMILES string of the molecule is CCC(OC1CCCC(C)C1)C(=O)N(C)CCCC(=O)O. The lowest BCUT2D eigenvalue weighted by molar-refractivity contribution is -0.149. The van der Waals surface area contributed by atoms with Crippen LogP contribution in [-0.4, -0.2) is 47.7 Å². The minimum absolute atomic E-state index is 0.0267. The number of ether oxygens (including phenoxy) is 1. The lowest BCUT2D eigenvalue weighted by Gasteiger charge is -2.31. The van der Waals surface area contributed by atoms with Crippen LogP contribution in [0.4, 0.5) is 0 Å². The summed E-state index contributed by atoms with van der Waals surface area (Å²) >= 11 is 0. The molecular weight excluding hydrogens is 270 g/mol. The summed E-state index contributed by atoms with van der Waals surface area (Å²) in [6.45, 7) is 4.66. The maximum atomic E-state index is 12.4. The molecule has 0 aliphatic heterocycles. The van der Waals surface area contributed by atoms with Crippen LogP contribution in [0.15, 0.2) is 0 Å². The zero-order valence-electron chi connectivity index (χ0n) is 13.5. The normalized spacial score (nSPS) is 23.6. The Morgan fingerprint density at radius 3 is 2.67 bits per heavy atom. The molecule has 1 amide bonds. The topological polar surface area (TPSA) is 66.8 Å². The highest BCUT2D eigenvalue weighted by molar-refractivity contribution is 5.80. The van der Waals surface area contributed by atoms with Gasteiger partial charge < -0.3 is 14.7 Å². The fraction of sp³-hybridized carbons (Fsp3) is 0.875. The van der Waals surface area contributed by atoms with E-state index in [1.807, 2.05) is 6.92 Å². The smallest absolute Gasteiger partial charge is 0.303 e. The zero-order chi connectivity index (χ0) is 15.8. The van der Waals surface area contributed by atoms with Gasteiger partial charge in [0.15, 0.2) is 0 Å². The van der Waals surface area contributed by atoms with Gasteiger partial charge in [-0.25, -0.2) is 0 Å². The molecular formula is C16H29NO4. The third kappa shape index (κ3) is 6.46. The number of hydrogen-bond donors (Lipinski definition) is 1. The number of nitrogens with zero attached hydrogens (tertiary/aromatic N) is 1. The van der Waals surface area contributed by atoms with E-state index >= 15 is 0 Å². The molecule has 0 heterocycles. The minimum atomic E-state index is -0.824. The van der Waals surface area contributed by atoms with Crippen LogP contribution in [-0.2, 0) is 14.3 Å². The molecule has 0 saturated heterocycles. The second-order valence-corrected chi connectivity index (χ2v) is 6.18. The molecule has 1 fully saturated rings. The van der Waals surface area contributed by atoms with Gasteiger partial charge in [0.25, 0.3) is 5.91 Å². The molecule has 1 aliphatic carbocycles. The van der Waals surface area contributed by atoms with E-state index < -0.39 is 12.1 Å². The molecule has 21 heavy (non-hydrogen) atoms. The highest BCUT2D eigenvalue weighted by Crippen LogP contribution is 2.27. The van der Waals surface area contributed by atoms with Crippen molar-refractivity contribution in [2.45, 2.75) is 71.0 Å². The van der Waals surface area contributed by atoms with E-state index in [0.717, 1.165) is 12.8 Å². The van der Waals surface area contributed by atoms with E-state index in [1.165, 1.54) is 12.8 Å². The summed E-state index contributed by atoms with van der Waals surface area (Å²) < 4.78 is 6.01. The van der Waals surface area contributed by atoms with E-state index in [2.05, 4.69) is 6.92 Å². The Bertz CT molecular complexity index is 345. The molecule has 0 aromatic carbocycles. The molecule has 5 nitrogen and oxygen atoms in total. The van der Waals surface area contributed by atoms with Crippen molar-refractivity contribution in [1.29, 1.82) is 0 Å².